The molecule has 5 rings (SSSR count). The van der Waals surface area contributed by atoms with Crippen molar-refractivity contribution in [2.75, 3.05) is 6.61 Å². The molecule has 2 atom stereocenters. The summed E-state index contributed by atoms with van der Waals surface area (Å²) in [5.74, 6) is 0.746. The molecule has 0 saturated heterocycles. The number of carbonyl (C=O) groups excluding carboxylic acids is 1. The standard InChI is InChI=1S/C25H19NO3/c26-13-16-4-3-6-17(10-16)18-8-9-24-21(11-18)23(27)12-25(29-24)22-15-28-14-19-5-1-2-7-20(19)22/h1-11,22,25H,12,14-15H2. The van der Waals surface area contributed by atoms with Crippen LogP contribution in [0.15, 0.2) is 66.7 Å². The summed E-state index contributed by atoms with van der Waals surface area (Å²) < 4.78 is 12.0. The number of carbonyl (C=O) groups is 1. The summed E-state index contributed by atoms with van der Waals surface area (Å²) in [7, 11) is 0. The predicted octanol–water partition coefficient (Wildman–Crippen LogP) is 4.87. The van der Waals surface area contributed by atoms with E-state index in [1.165, 1.54) is 11.1 Å². The SMILES string of the molecule is N#Cc1cccc(-c2ccc3c(c2)C(=O)CC(C2COCc4ccccc42)O3)c1. The lowest BCUT2D eigenvalue weighted by Crippen LogP contribution is -2.36. The van der Waals surface area contributed by atoms with E-state index in [4.69, 9.17) is 14.7 Å². The van der Waals surface area contributed by atoms with Crippen LogP contribution in [0.5, 0.6) is 5.75 Å². The van der Waals surface area contributed by atoms with Crippen LogP contribution in [0, 0.1) is 11.3 Å². The maximum atomic E-state index is 13.0. The second-order valence-corrected chi connectivity index (χ2v) is 7.51. The number of benzene rings is 3. The molecule has 142 valence electrons. The first-order valence-electron chi connectivity index (χ1n) is 9.73. The summed E-state index contributed by atoms with van der Waals surface area (Å²) in [5, 5.41) is 9.13. The van der Waals surface area contributed by atoms with Gasteiger partial charge in [0.25, 0.3) is 0 Å². The molecule has 3 aromatic carbocycles. The molecule has 0 aliphatic carbocycles. The first-order valence-corrected chi connectivity index (χ1v) is 9.73. The van der Waals surface area contributed by atoms with Gasteiger partial charge in [-0.05, 0) is 46.5 Å². The maximum absolute atomic E-state index is 13.0. The zero-order valence-electron chi connectivity index (χ0n) is 15.8. The Morgan fingerprint density at radius 3 is 2.72 bits per heavy atom. The third kappa shape index (κ3) is 3.20. The number of hydrogen-bond acceptors (Lipinski definition) is 4. The average molecular weight is 381 g/mol. The fraction of sp³-hybridized carbons (Fsp3) is 0.200. The van der Waals surface area contributed by atoms with Crippen LogP contribution in [0.1, 0.15) is 39.4 Å². The van der Waals surface area contributed by atoms with Gasteiger partial charge in [-0.15, -0.1) is 0 Å². The topological polar surface area (TPSA) is 59.3 Å². The smallest absolute Gasteiger partial charge is 0.170 e. The van der Waals surface area contributed by atoms with E-state index in [0.717, 1.165) is 11.1 Å². The van der Waals surface area contributed by atoms with Crippen molar-refractivity contribution in [3.8, 4) is 22.9 Å². The van der Waals surface area contributed by atoms with E-state index in [1.807, 2.05) is 48.5 Å². The third-order valence-corrected chi connectivity index (χ3v) is 5.73. The Morgan fingerprint density at radius 1 is 0.966 bits per heavy atom. The Kier molecular flexibility index (Phi) is 4.38. The van der Waals surface area contributed by atoms with Gasteiger partial charge in [-0.2, -0.15) is 5.26 Å². The van der Waals surface area contributed by atoms with Crippen molar-refractivity contribution in [2.45, 2.75) is 25.0 Å². The molecule has 0 N–H and O–H groups in total. The van der Waals surface area contributed by atoms with Gasteiger partial charge in [0.1, 0.15) is 11.9 Å². The van der Waals surface area contributed by atoms with E-state index in [1.54, 1.807) is 6.07 Å². The Hall–Kier alpha value is -3.42. The van der Waals surface area contributed by atoms with Gasteiger partial charge in [-0.3, -0.25) is 4.79 Å². The van der Waals surface area contributed by atoms with E-state index in [2.05, 4.69) is 18.2 Å². The van der Waals surface area contributed by atoms with Gasteiger partial charge in [-0.1, -0.05) is 42.5 Å². The zero-order valence-corrected chi connectivity index (χ0v) is 15.8. The number of hydrogen-bond donors (Lipinski definition) is 0. The van der Waals surface area contributed by atoms with Gasteiger partial charge >= 0.3 is 0 Å². The van der Waals surface area contributed by atoms with Crippen molar-refractivity contribution >= 4 is 5.78 Å². The minimum atomic E-state index is -0.232. The van der Waals surface area contributed by atoms with Gasteiger partial charge in [0.05, 0.1) is 30.4 Å². The predicted molar refractivity (Wildman–Crippen MR) is 109 cm³/mol. The Labute approximate surface area is 169 Å². The Bertz CT molecular complexity index is 1140. The first-order chi connectivity index (χ1) is 14.2. The molecule has 2 unspecified atom stereocenters. The van der Waals surface area contributed by atoms with Crippen molar-refractivity contribution < 1.29 is 14.3 Å². The minimum absolute atomic E-state index is 0.0454. The van der Waals surface area contributed by atoms with Crippen LogP contribution >= 0.6 is 0 Å². The molecule has 2 aliphatic rings. The van der Waals surface area contributed by atoms with Crippen LogP contribution in [0.4, 0.5) is 0 Å². The lowest BCUT2D eigenvalue weighted by molar-refractivity contribution is 0.0384. The third-order valence-electron chi connectivity index (χ3n) is 5.73. The van der Waals surface area contributed by atoms with Gasteiger partial charge in [0.15, 0.2) is 5.78 Å². The normalized spacial score (nSPS) is 20.2. The lowest BCUT2D eigenvalue weighted by atomic mass is 9.84. The molecule has 0 amide bonds. The van der Waals surface area contributed by atoms with Crippen molar-refractivity contribution in [3.05, 3.63) is 89.0 Å². The summed E-state index contributed by atoms with van der Waals surface area (Å²) in [6, 6.07) is 23.4. The average Bonchev–Trinajstić information content (AvgIpc) is 2.78. The summed E-state index contributed by atoms with van der Waals surface area (Å²) in [6.45, 7) is 1.17. The number of nitriles is 1. The molecular formula is C25H19NO3. The summed E-state index contributed by atoms with van der Waals surface area (Å²) in [5.41, 5.74) is 5.40. The van der Waals surface area contributed by atoms with E-state index in [0.29, 0.717) is 36.5 Å². The molecule has 0 spiro atoms. The van der Waals surface area contributed by atoms with Gasteiger partial charge in [0.2, 0.25) is 0 Å². The quantitative estimate of drug-likeness (QED) is 0.635. The molecule has 3 aromatic rings. The lowest BCUT2D eigenvalue weighted by Gasteiger charge is -2.35. The van der Waals surface area contributed by atoms with Crippen LogP contribution in [0.3, 0.4) is 0 Å². The van der Waals surface area contributed by atoms with Gasteiger partial charge in [0, 0.05) is 12.3 Å². The highest BCUT2D eigenvalue weighted by atomic mass is 16.5. The Balaban J connectivity index is 1.46. The van der Waals surface area contributed by atoms with Crippen molar-refractivity contribution in [2.24, 2.45) is 0 Å². The molecule has 0 saturated carbocycles. The summed E-state index contributed by atoms with van der Waals surface area (Å²) in [6.07, 6.45) is 0.0982. The molecule has 0 radical (unpaired) electrons. The number of ether oxygens (including phenoxy) is 2. The van der Waals surface area contributed by atoms with Crippen molar-refractivity contribution in [1.82, 2.24) is 0 Å². The van der Waals surface area contributed by atoms with Crippen LogP contribution in [-0.4, -0.2) is 18.5 Å². The fourth-order valence-corrected chi connectivity index (χ4v) is 4.24. The molecule has 4 heteroatoms. The number of fused-ring (bicyclic) bond motifs is 2. The van der Waals surface area contributed by atoms with Crippen LogP contribution in [0.25, 0.3) is 11.1 Å². The summed E-state index contributed by atoms with van der Waals surface area (Å²) in [4.78, 5) is 13.0. The number of rotatable bonds is 2. The van der Waals surface area contributed by atoms with Gasteiger partial charge < -0.3 is 9.47 Å². The fourth-order valence-electron chi connectivity index (χ4n) is 4.24. The van der Waals surface area contributed by atoms with Crippen LogP contribution in [-0.2, 0) is 11.3 Å². The monoisotopic (exact) mass is 381 g/mol. The molecule has 2 aliphatic heterocycles. The largest absolute Gasteiger partial charge is 0.488 e. The zero-order chi connectivity index (χ0) is 19.8. The highest BCUT2D eigenvalue weighted by molar-refractivity contribution is 6.01. The highest BCUT2D eigenvalue weighted by Gasteiger charge is 2.36. The number of ketones is 1. The highest BCUT2D eigenvalue weighted by Crippen LogP contribution is 2.38. The molecule has 0 bridgehead atoms. The molecule has 4 nitrogen and oxygen atoms in total. The second-order valence-electron chi connectivity index (χ2n) is 7.51. The molecule has 29 heavy (non-hydrogen) atoms. The second kappa shape index (κ2) is 7.20. The van der Waals surface area contributed by atoms with Crippen LogP contribution in [0.2, 0.25) is 0 Å². The van der Waals surface area contributed by atoms with Gasteiger partial charge in [-0.25, -0.2) is 0 Å². The molecule has 0 fully saturated rings. The molecular weight excluding hydrogens is 362 g/mol. The van der Waals surface area contributed by atoms with Crippen LogP contribution < -0.4 is 4.74 Å². The number of nitrogens with zero attached hydrogens (tertiary/aromatic N) is 1. The first kappa shape index (κ1) is 17.7. The van der Waals surface area contributed by atoms with Crippen molar-refractivity contribution in [1.29, 1.82) is 5.26 Å². The van der Waals surface area contributed by atoms with E-state index in [9.17, 15) is 4.79 Å². The van der Waals surface area contributed by atoms with E-state index < -0.39 is 0 Å². The number of Topliss-reactive ketones (excluding diaryl/α,β-unsaturated/α-hetero) is 1. The molecule has 0 aromatic heterocycles. The maximum Gasteiger partial charge on any atom is 0.170 e. The minimum Gasteiger partial charge on any atom is -0.488 e. The Morgan fingerprint density at radius 2 is 1.83 bits per heavy atom. The van der Waals surface area contributed by atoms with E-state index >= 15 is 0 Å². The summed E-state index contributed by atoms with van der Waals surface area (Å²) >= 11 is 0. The molecule has 2 heterocycles. The van der Waals surface area contributed by atoms with E-state index in [-0.39, 0.29) is 17.8 Å². The van der Waals surface area contributed by atoms with Crippen molar-refractivity contribution in [3.63, 3.8) is 0 Å².